The van der Waals surface area contributed by atoms with Crippen molar-refractivity contribution in [2.75, 3.05) is 7.11 Å². The lowest BCUT2D eigenvalue weighted by atomic mass is 10.1. The molecule has 0 saturated carbocycles. The summed E-state index contributed by atoms with van der Waals surface area (Å²) in [7, 11) is 1.33. The molecule has 1 saturated heterocycles. The van der Waals surface area contributed by atoms with Gasteiger partial charge in [-0.2, -0.15) is 0 Å². The molecule has 26 heavy (non-hydrogen) atoms. The quantitative estimate of drug-likeness (QED) is 0.696. The Labute approximate surface area is 156 Å². The first kappa shape index (κ1) is 22.3. The van der Waals surface area contributed by atoms with Crippen LogP contribution in [0.5, 0.6) is 0 Å². The zero-order chi connectivity index (χ0) is 19.9. The molecule has 1 fully saturated rings. The van der Waals surface area contributed by atoms with Crippen LogP contribution < -0.4 is 5.32 Å². The molecule has 1 rings (SSSR count). The molecule has 1 N–H and O–H groups in total. The first-order valence-corrected chi connectivity index (χ1v) is 9.54. The maximum Gasteiger partial charge on any atom is 0.408 e. The second-order valence-corrected chi connectivity index (χ2v) is 7.79. The van der Waals surface area contributed by atoms with Gasteiger partial charge in [0.05, 0.1) is 7.11 Å². The summed E-state index contributed by atoms with van der Waals surface area (Å²) < 4.78 is 10.2. The molecule has 1 aliphatic heterocycles. The predicted octanol–water partition coefficient (Wildman–Crippen LogP) is 3.01. The van der Waals surface area contributed by atoms with Gasteiger partial charge in [-0.15, -0.1) is 0 Å². The predicted molar refractivity (Wildman–Crippen MR) is 98.6 cm³/mol. The van der Waals surface area contributed by atoms with Crippen LogP contribution in [0.25, 0.3) is 0 Å². The van der Waals surface area contributed by atoms with Gasteiger partial charge in [0.15, 0.2) is 0 Å². The molecule has 0 bridgehead atoms. The summed E-state index contributed by atoms with van der Waals surface area (Å²) >= 11 is 0. The monoisotopic (exact) mass is 370 g/mol. The van der Waals surface area contributed by atoms with Crippen molar-refractivity contribution in [3.8, 4) is 0 Å². The van der Waals surface area contributed by atoms with Crippen LogP contribution in [0.2, 0.25) is 0 Å². The summed E-state index contributed by atoms with van der Waals surface area (Å²) in [6.45, 7) is 9.32. The van der Waals surface area contributed by atoms with Crippen LogP contribution in [0, 0.1) is 0 Å². The smallest absolute Gasteiger partial charge is 0.408 e. The zero-order valence-corrected chi connectivity index (χ0v) is 17.0. The first-order valence-electron chi connectivity index (χ1n) is 9.54. The molecule has 0 aromatic rings. The highest BCUT2D eigenvalue weighted by Crippen LogP contribution is 2.29. The van der Waals surface area contributed by atoms with Gasteiger partial charge in [-0.3, -0.25) is 4.79 Å². The van der Waals surface area contributed by atoms with E-state index in [1.54, 1.807) is 25.7 Å². The maximum absolute atomic E-state index is 13.2. The number of alkyl carbamates (subject to hydrolysis) is 1. The van der Waals surface area contributed by atoms with E-state index in [0.29, 0.717) is 12.8 Å². The molecule has 150 valence electrons. The molecule has 2 amide bonds. The minimum absolute atomic E-state index is 0.00334. The Bertz CT molecular complexity index is 501. The number of rotatable bonds is 7. The van der Waals surface area contributed by atoms with E-state index in [0.717, 1.165) is 25.7 Å². The van der Waals surface area contributed by atoms with Crippen molar-refractivity contribution in [2.24, 2.45) is 0 Å². The second kappa shape index (κ2) is 9.78. The SMILES string of the molecule is CCCC(NC(=O)OC(C)(C)C)C(=O)N1C(CCC)CCC1C(=O)OC. The zero-order valence-electron chi connectivity index (χ0n) is 17.0. The number of nitrogens with zero attached hydrogens (tertiary/aromatic N) is 1. The van der Waals surface area contributed by atoms with Crippen molar-refractivity contribution in [3.63, 3.8) is 0 Å². The van der Waals surface area contributed by atoms with Gasteiger partial charge in [-0.1, -0.05) is 26.7 Å². The highest BCUT2D eigenvalue weighted by atomic mass is 16.6. The van der Waals surface area contributed by atoms with E-state index in [1.807, 2.05) is 6.92 Å². The van der Waals surface area contributed by atoms with Crippen LogP contribution in [0.3, 0.4) is 0 Å². The average Bonchev–Trinajstić information content (AvgIpc) is 2.95. The Morgan fingerprint density at radius 2 is 1.81 bits per heavy atom. The Kier molecular flexibility index (Phi) is 8.37. The van der Waals surface area contributed by atoms with E-state index in [9.17, 15) is 14.4 Å². The topological polar surface area (TPSA) is 84.9 Å². The van der Waals surface area contributed by atoms with Crippen molar-refractivity contribution < 1.29 is 23.9 Å². The van der Waals surface area contributed by atoms with Gasteiger partial charge in [0.25, 0.3) is 0 Å². The summed E-state index contributed by atoms with van der Waals surface area (Å²) in [5, 5.41) is 2.69. The van der Waals surface area contributed by atoms with E-state index in [4.69, 9.17) is 9.47 Å². The largest absolute Gasteiger partial charge is 0.467 e. The normalized spacial score (nSPS) is 21.2. The van der Waals surface area contributed by atoms with Crippen molar-refractivity contribution in [1.82, 2.24) is 10.2 Å². The lowest BCUT2D eigenvalue weighted by molar-refractivity contribution is -0.153. The maximum atomic E-state index is 13.2. The molecule has 1 heterocycles. The van der Waals surface area contributed by atoms with Crippen LogP contribution >= 0.6 is 0 Å². The molecule has 1 aliphatic rings. The molecule has 0 spiro atoms. The molecule has 0 aromatic heterocycles. The van der Waals surface area contributed by atoms with Gasteiger partial charge in [-0.05, 0) is 46.5 Å². The third-order valence-electron chi connectivity index (χ3n) is 4.42. The molecular weight excluding hydrogens is 336 g/mol. The van der Waals surface area contributed by atoms with Gasteiger partial charge >= 0.3 is 12.1 Å². The fourth-order valence-corrected chi connectivity index (χ4v) is 3.38. The third kappa shape index (κ3) is 6.18. The van der Waals surface area contributed by atoms with E-state index >= 15 is 0 Å². The van der Waals surface area contributed by atoms with Crippen LogP contribution in [0.1, 0.15) is 73.1 Å². The van der Waals surface area contributed by atoms with Gasteiger partial charge in [-0.25, -0.2) is 9.59 Å². The van der Waals surface area contributed by atoms with Crippen LogP contribution in [-0.4, -0.2) is 53.7 Å². The number of carbonyl (C=O) groups is 3. The molecule has 7 nitrogen and oxygen atoms in total. The number of likely N-dealkylation sites (tertiary alicyclic amines) is 1. The minimum Gasteiger partial charge on any atom is -0.467 e. The summed E-state index contributed by atoms with van der Waals surface area (Å²) in [4.78, 5) is 39.1. The van der Waals surface area contributed by atoms with E-state index < -0.39 is 29.7 Å². The van der Waals surface area contributed by atoms with Gasteiger partial charge in [0.1, 0.15) is 17.7 Å². The van der Waals surface area contributed by atoms with Crippen LogP contribution in [0.4, 0.5) is 4.79 Å². The number of hydrogen-bond donors (Lipinski definition) is 1. The molecule has 3 atom stereocenters. The second-order valence-electron chi connectivity index (χ2n) is 7.79. The fourth-order valence-electron chi connectivity index (χ4n) is 3.38. The van der Waals surface area contributed by atoms with E-state index in [1.165, 1.54) is 7.11 Å². The number of ether oxygens (including phenoxy) is 2. The van der Waals surface area contributed by atoms with Gasteiger partial charge < -0.3 is 19.7 Å². The van der Waals surface area contributed by atoms with Crippen molar-refractivity contribution in [2.45, 2.75) is 96.9 Å². The lowest BCUT2D eigenvalue weighted by Gasteiger charge is -2.33. The molecule has 0 aliphatic carbocycles. The summed E-state index contributed by atoms with van der Waals surface area (Å²) in [5.74, 6) is -0.631. The molecule has 0 aromatic carbocycles. The van der Waals surface area contributed by atoms with Crippen molar-refractivity contribution >= 4 is 18.0 Å². The number of amides is 2. The summed E-state index contributed by atoms with van der Waals surface area (Å²) in [5.41, 5.74) is -0.642. The summed E-state index contributed by atoms with van der Waals surface area (Å²) in [6, 6.07) is -1.29. The first-order chi connectivity index (χ1) is 12.1. The van der Waals surface area contributed by atoms with Crippen molar-refractivity contribution in [3.05, 3.63) is 0 Å². The Morgan fingerprint density at radius 3 is 2.31 bits per heavy atom. The van der Waals surface area contributed by atoms with Gasteiger partial charge in [0, 0.05) is 6.04 Å². The molecule has 0 radical (unpaired) electrons. The van der Waals surface area contributed by atoms with E-state index in [-0.39, 0.29) is 11.9 Å². The van der Waals surface area contributed by atoms with Crippen molar-refractivity contribution in [1.29, 1.82) is 0 Å². The Hall–Kier alpha value is -1.79. The Morgan fingerprint density at radius 1 is 1.15 bits per heavy atom. The molecular formula is C19H34N2O5. The van der Waals surface area contributed by atoms with Gasteiger partial charge in [0.2, 0.25) is 5.91 Å². The van der Waals surface area contributed by atoms with E-state index in [2.05, 4.69) is 12.2 Å². The summed E-state index contributed by atoms with van der Waals surface area (Å²) in [6.07, 6.45) is 3.69. The highest BCUT2D eigenvalue weighted by Gasteiger charge is 2.43. The molecule has 7 heteroatoms. The van der Waals surface area contributed by atoms with Crippen LogP contribution in [-0.2, 0) is 19.1 Å². The lowest BCUT2D eigenvalue weighted by Crippen LogP contribution is -2.54. The Balaban J connectivity index is 2.97. The van der Waals surface area contributed by atoms with Crippen LogP contribution in [0.15, 0.2) is 0 Å². The number of carbonyl (C=O) groups excluding carboxylic acids is 3. The number of methoxy groups -OCH3 is 1. The number of esters is 1. The fraction of sp³-hybridized carbons (Fsp3) is 0.842. The highest BCUT2D eigenvalue weighted by molar-refractivity contribution is 5.90. The average molecular weight is 370 g/mol. The number of nitrogens with one attached hydrogen (secondary N) is 1. The third-order valence-corrected chi connectivity index (χ3v) is 4.42. The standard InChI is InChI=1S/C19H34N2O5/c1-7-9-13-11-12-15(17(23)25-6)21(13)16(22)14(10-8-2)20-18(24)26-19(3,4)5/h13-15H,7-12H2,1-6H3,(H,20,24). The number of hydrogen-bond acceptors (Lipinski definition) is 5. The minimum atomic E-state index is -0.709. The molecule has 3 unspecified atom stereocenters.